The van der Waals surface area contributed by atoms with Crippen LogP contribution in [0.4, 0.5) is 5.69 Å². The van der Waals surface area contributed by atoms with Crippen molar-refractivity contribution in [3.05, 3.63) is 88.4 Å². The van der Waals surface area contributed by atoms with Crippen molar-refractivity contribution in [2.45, 2.75) is 13.5 Å². The van der Waals surface area contributed by atoms with Crippen molar-refractivity contribution in [3.8, 4) is 11.5 Å². The minimum Gasteiger partial charge on any atom is -0.505 e. The molecule has 0 heterocycles. The zero-order valence-electron chi connectivity index (χ0n) is 15.1. The van der Waals surface area contributed by atoms with Gasteiger partial charge in [-0.2, -0.15) is 0 Å². The SMILES string of the molecule is CC(=O)c1cccc(NC(=O)c2ccc(OCc3ccc(Cl)cc3)cc2)c1O. The normalized spacial score (nSPS) is 10.4. The summed E-state index contributed by atoms with van der Waals surface area (Å²) < 4.78 is 5.69. The number of hydrogen-bond donors (Lipinski definition) is 2. The highest BCUT2D eigenvalue weighted by Gasteiger charge is 2.14. The molecule has 0 aromatic heterocycles. The van der Waals surface area contributed by atoms with Gasteiger partial charge in [0.2, 0.25) is 0 Å². The van der Waals surface area contributed by atoms with E-state index in [1.54, 1.807) is 42.5 Å². The number of nitrogens with one attached hydrogen (secondary N) is 1. The van der Waals surface area contributed by atoms with Crippen LogP contribution < -0.4 is 10.1 Å². The van der Waals surface area contributed by atoms with E-state index in [0.717, 1.165) is 5.56 Å². The number of phenols is 1. The Hall–Kier alpha value is -3.31. The van der Waals surface area contributed by atoms with E-state index >= 15 is 0 Å². The number of benzene rings is 3. The van der Waals surface area contributed by atoms with Crippen LogP contribution >= 0.6 is 11.6 Å². The second kappa shape index (κ2) is 8.59. The fourth-order valence-corrected chi connectivity index (χ4v) is 2.70. The molecule has 5 nitrogen and oxygen atoms in total. The molecule has 0 aliphatic carbocycles. The third-order valence-electron chi connectivity index (χ3n) is 4.10. The number of ketones is 1. The monoisotopic (exact) mass is 395 g/mol. The van der Waals surface area contributed by atoms with Crippen molar-refractivity contribution in [1.29, 1.82) is 0 Å². The number of carbonyl (C=O) groups excluding carboxylic acids is 2. The van der Waals surface area contributed by atoms with Gasteiger partial charge in [0.15, 0.2) is 5.78 Å². The van der Waals surface area contributed by atoms with Gasteiger partial charge in [-0.05, 0) is 61.0 Å². The molecular formula is C22H18ClNO4. The molecule has 0 unspecified atom stereocenters. The van der Waals surface area contributed by atoms with Gasteiger partial charge < -0.3 is 15.2 Å². The molecule has 3 rings (SSSR count). The number of ether oxygens (including phenoxy) is 1. The predicted octanol–water partition coefficient (Wildman–Crippen LogP) is 5.08. The lowest BCUT2D eigenvalue weighted by Crippen LogP contribution is -2.12. The molecule has 6 heteroatoms. The largest absolute Gasteiger partial charge is 0.505 e. The van der Waals surface area contributed by atoms with Gasteiger partial charge in [-0.25, -0.2) is 0 Å². The fraction of sp³-hybridized carbons (Fsp3) is 0.0909. The first-order valence-corrected chi connectivity index (χ1v) is 8.93. The van der Waals surface area contributed by atoms with Gasteiger partial charge in [0, 0.05) is 10.6 Å². The number of aromatic hydroxyl groups is 1. The lowest BCUT2D eigenvalue weighted by Gasteiger charge is -2.10. The molecule has 0 bridgehead atoms. The molecule has 0 aliphatic rings. The Morgan fingerprint density at radius 2 is 1.68 bits per heavy atom. The molecule has 0 saturated carbocycles. The molecule has 0 saturated heterocycles. The van der Waals surface area contributed by atoms with E-state index in [0.29, 0.717) is 22.9 Å². The third-order valence-corrected chi connectivity index (χ3v) is 4.35. The Morgan fingerprint density at radius 3 is 2.32 bits per heavy atom. The van der Waals surface area contributed by atoms with Crippen LogP contribution in [0, 0.1) is 0 Å². The maximum Gasteiger partial charge on any atom is 0.255 e. The summed E-state index contributed by atoms with van der Waals surface area (Å²) in [5.74, 6) is -0.310. The predicted molar refractivity (Wildman–Crippen MR) is 108 cm³/mol. The number of hydrogen-bond acceptors (Lipinski definition) is 4. The first-order valence-electron chi connectivity index (χ1n) is 8.55. The van der Waals surface area contributed by atoms with Crippen LogP contribution in [0.25, 0.3) is 0 Å². The van der Waals surface area contributed by atoms with Crippen molar-refractivity contribution in [2.24, 2.45) is 0 Å². The highest BCUT2D eigenvalue weighted by Crippen LogP contribution is 2.28. The molecule has 142 valence electrons. The molecule has 0 fully saturated rings. The van der Waals surface area contributed by atoms with Gasteiger partial charge in [-0.1, -0.05) is 29.8 Å². The zero-order chi connectivity index (χ0) is 20.1. The van der Waals surface area contributed by atoms with E-state index in [1.807, 2.05) is 12.1 Å². The summed E-state index contributed by atoms with van der Waals surface area (Å²) in [6.07, 6.45) is 0. The van der Waals surface area contributed by atoms with Crippen LogP contribution in [0.15, 0.2) is 66.7 Å². The zero-order valence-corrected chi connectivity index (χ0v) is 15.9. The lowest BCUT2D eigenvalue weighted by molar-refractivity contribution is 0.100. The second-order valence-corrected chi connectivity index (χ2v) is 6.59. The second-order valence-electron chi connectivity index (χ2n) is 6.15. The number of Topliss-reactive ketones (excluding diaryl/α,β-unsaturated/α-hetero) is 1. The smallest absolute Gasteiger partial charge is 0.255 e. The molecule has 1 amide bonds. The minimum atomic E-state index is -0.403. The number of rotatable bonds is 6. The van der Waals surface area contributed by atoms with Crippen LogP contribution in [0.3, 0.4) is 0 Å². The molecular weight excluding hydrogens is 378 g/mol. The average Bonchev–Trinajstić information content (AvgIpc) is 2.69. The molecule has 0 atom stereocenters. The van der Waals surface area contributed by atoms with Gasteiger partial charge in [0.1, 0.15) is 18.1 Å². The van der Waals surface area contributed by atoms with Gasteiger partial charge in [-0.15, -0.1) is 0 Å². The number of carbonyl (C=O) groups is 2. The first kappa shape index (κ1) is 19.5. The lowest BCUT2D eigenvalue weighted by atomic mass is 10.1. The molecule has 28 heavy (non-hydrogen) atoms. The first-order chi connectivity index (χ1) is 13.4. The van der Waals surface area contributed by atoms with E-state index in [2.05, 4.69) is 5.32 Å². The number of anilines is 1. The molecule has 0 aliphatic heterocycles. The van der Waals surface area contributed by atoms with Crippen molar-refractivity contribution < 1.29 is 19.4 Å². The van der Waals surface area contributed by atoms with Crippen LogP contribution in [0.1, 0.15) is 33.2 Å². The number of amides is 1. The summed E-state index contributed by atoms with van der Waals surface area (Å²) in [7, 11) is 0. The quantitative estimate of drug-likeness (QED) is 0.450. The van der Waals surface area contributed by atoms with Gasteiger partial charge in [0.25, 0.3) is 5.91 Å². The standard InChI is InChI=1S/C22H18ClNO4/c1-14(25)19-3-2-4-20(21(19)26)24-22(27)16-7-11-18(12-8-16)28-13-15-5-9-17(23)10-6-15/h2-12,26H,13H2,1H3,(H,24,27). The highest BCUT2D eigenvalue weighted by molar-refractivity contribution is 6.30. The summed E-state index contributed by atoms with van der Waals surface area (Å²) in [6, 6.07) is 18.6. The van der Waals surface area contributed by atoms with Crippen LogP contribution in [0.5, 0.6) is 11.5 Å². The maximum atomic E-state index is 12.4. The summed E-state index contributed by atoms with van der Waals surface area (Å²) in [5.41, 5.74) is 1.71. The Balaban J connectivity index is 1.64. The summed E-state index contributed by atoms with van der Waals surface area (Å²) >= 11 is 5.86. The topological polar surface area (TPSA) is 75.6 Å². The summed E-state index contributed by atoms with van der Waals surface area (Å²) in [6.45, 7) is 1.73. The summed E-state index contributed by atoms with van der Waals surface area (Å²) in [4.78, 5) is 23.9. The van der Waals surface area contributed by atoms with Gasteiger partial charge in [-0.3, -0.25) is 9.59 Å². The van der Waals surface area contributed by atoms with Crippen molar-refractivity contribution >= 4 is 29.0 Å². The molecule has 0 spiro atoms. The van der Waals surface area contributed by atoms with Gasteiger partial charge in [0.05, 0.1) is 11.3 Å². The van der Waals surface area contributed by atoms with Crippen LogP contribution in [-0.4, -0.2) is 16.8 Å². The minimum absolute atomic E-state index is 0.156. The third kappa shape index (κ3) is 4.69. The van der Waals surface area contributed by atoms with Crippen molar-refractivity contribution in [1.82, 2.24) is 0 Å². The Kier molecular flexibility index (Phi) is 5.96. The molecule has 2 N–H and O–H groups in total. The molecule has 0 radical (unpaired) electrons. The van der Waals surface area contributed by atoms with Crippen LogP contribution in [0.2, 0.25) is 5.02 Å². The highest BCUT2D eigenvalue weighted by atomic mass is 35.5. The summed E-state index contributed by atoms with van der Waals surface area (Å²) in [5, 5.41) is 13.4. The van der Waals surface area contributed by atoms with E-state index in [4.69, 9.17) is 16.3 Å². The fourth-order valence-electron chi connectivity index (χ4n) is 2.57. The average molecular weight is 396 g/mol. The van der Waals surface area contributed by atoms with Crippen LogP contribution in [-0.2, 0) is 6.61 Å². The van der Waals surface area contributed by atoms with Crippen molar-refractivity contribution in [3.63, 3.8) is 0 Å². The number of phenolic OH excluding ortho intramolecular Hbond substituents is 1. The molecule has 3 aromatic carbocycles. The van der Waals surface area contributed by atoms with E-state index < -0.39 is 5.91 Å². The van der Waals surface area contributed by atoms with Gasteiger partial charge >= 0.3 is 0 Å². The maximum absolute atomic E-state index is 12.4. The number of halogens is 1. The Morgan fingerprint density at radius 1 is 1.00 bits per heavy atom. The molecule has 3 aromatic rings. The van der Waals surface area contributed by atoms with E-state index in [9.17, 15) is 14.7 Å². The number of para-hydroxylation sites is 1. The van der Waals surface area contributed by atoms with Crippen molar-refractivity contribution in [2.75, 3.05) is 5.32 Å². The Bertz CT molecular complexity index is 998. The Labute approximate surface area is 167 Å². The van der Waals surface area contributed by atoms with E-state index in [-0.39, 0.29) is 22.8 Å². The van der Waals surface area contributed by atoms with E-state index in [1.165, 1.54) is 19.1 Å².